The average molecular weight is 435 g/mol. The number of Topliss-reactive ketones (excluding diaryl/α,β-unsaturated/α-hetero) is 1. The maximum atomic E-state index is 13.3. The molecule has 4 fully saturated rings. The van der Waals surface area contributed by atoms with Crippen LogP contribution >= 0.6 is 0 Å². The van der Waals surface area contributed by atoms with Gasteiger partial charge < -0.3 is 14.2 Å². The fraction of sp³-hybridized carbons (Fsp3) is 0.880. The molecule has 0 aromatic rings. The second-order valence-corrected chi connectivity index (χ2v) is 10.8. The number of rotatable bonds is 7. The number of esters is 2. The maximum absolute atomic E-state index is 13.3. The minimum absolute atomic E-state index is 0.0155. The van der Waals surface area contributed by atoms with E-state index >= 15 is 0 Å². The molecule has 174 valence electrons. The van der Waals surface area contributed by atoms with Crippen molar-refractivity contribution in [1.29, 1.82) is 0 Å². The molecule has 6 heteroatoms. The first-order valence-corrected chi connectivity index (χ1v) is 12.1. The van der Waals surface area contributed by atoms with Gasteiger partial charge in [0.15, 0.2) is 11.4 Å². The highest BCUT2D eigenvalue weighted by Gasteiger charge is 2.77. The summed E-state index contributed by atoms with van der Waals surface area (Å²) in [6.45, 7) is 8.02. The van der Waals surface area contributed by atoms with Gasteiger partial charge in [0, 0.05) is 30.6 Å². The van der Waals surface area contributed by atoms with E-state index in [0.29, 0.717) is 37.0 Å². The van der Waals surface area contributed by atoms with E-state index in [4.69, 9.17) is 14.2 Å². The van der Waals surface area contributed by atoms with Crippen LogP contribution in [0.3, 0.4) is 0 Å². The van der Waals surface area contributed by atoms with Crippen molar-refractivity contribution in [2.24, 2.45) is 28.6 Å². The number of ether oxygens (including phenoxy) is 3. The summed E-state index contributed by atoms with van der Waals surface area (Å²) in [4.78, 5) is 37.1. The monoisotopic (exact) mass is 434 g/mol. The lowest BCUT2D eigenvalue weighted by atomic mass is 9.46. The largest absolute Gasteiger partial charge is 0.469 e. The van der Waals surface area contributed by atoms with Crippen molar-refractivity contribution in [2.75, 3.05) is 7.11 Å². The van der Waals surface area contributed by atoms with Crippen molar-refractivity contribution in [3.05, 3.63) is 0 Å². The Morgan fingerprint density at radius 2 is 1.81 bits per heavy atom. The van der Waals surface area contributed by atoms with E-state index in [1.54, 1.807) is 0 Å². The number of carbonyl (C=O) groups is 3. The van der Waals surface area contributed by atoms with E-state index in [9.17, 15) is 14.4 Å². The first kappa shape index (κ1) is 22.8. The molecule has 1 heterocycles. The molecule has 0 spiro atoms. The molecule has 6 nitrogen and oxygen atoms in total. The topological polar surface area (TPSA) is 82.2 Å². The number of ketones is 1. The van der Waals surface area contributed by atoms with Crippen LogP contribution in [0.25, 0.3) is 0 Å². The van der Waals surface area contributed by atoms with Gasteiger partial charge in [0.25, 0.3) is 0 Å². The quantitative estimate of drug-likeness (QED) is 0.440. The van der Waals surface area contributed by atoms with Crippen LogP contribution in [0, 0.1) is 28.6 Å². The number of hydrogen-bond acceptors (Lipinski definition) is 6. The van der Waals surface area contributed by atoms with Gasteiger partial charge in [-0.05, 0) is 62.7 Å². The zero-order valence-electron chi connectivity index (χ0n) is 19.7. The molecule has 3 saturated carbocycles. The van der Waals surface area contributed by atoms with Crippen molar-refractivity contribution >= 4 is 17.7 Å². The Labute approximate surface area is 185 Å². The lowest BCUT2D eigenvalue weighted by Crippen LogP contribution is -2.59. The Morgan fingerprint density at radius 1 is 1.06 bits per heavy atom. The van der Waals surface area contributed by atoms with Gasteiger partial charge in [0.05, 0.1) is 13.2 Å². The lowest BCUT2D eigenvalue weighted by molar-refractivity contribution is -0.160. The third-order valence-corrected chi connectivity index (χ3v) is 9.50. The molecule has 3 aliphatic carbocycles. The minimum Gasteiger partial charge on any atom is -0.469 e. The summed E-state index contributed by atoms with van der Waals surface area (Å²) < 4.78 is 17.0. The molecule has 1 aliphatic heterocycles. The van der Waals surface area contributed by atoms with Gasteiger partial charge in [-0.25, -0.2) is 0 Å². The third kappa shape index (κ3) is 3.27. The van der Waals surface area contributed by atoms with Crippen molar-refractivity contribution in [3.63, 3.8) is 0 Å². The average Bonchev–Trinajstić information content (AvgIpc) is 3.38. The summed E-state index contributed by atoms with van der Waals surface area (Å²) in [5.41, 5.74) is -1.12. The molecule has 31 heavy (non-hydrogen) atoms. The smallest absolute Gasteiger partial charge is 0.305 e. The van der Waals surface area contributed by atoms with Gasteiger partial charge >= 0.3 is 11.9 Å². The Balaban J connectivity index is 1.65. The molecule has 1 saturated heterocycles. The number of methoxy groups -OCH3 is 1. The summed E-state index contributed by atoms with van der Waals surface area (Å²) in [6, 6.07) is 0. The Kier molecular flexibility index (Phi) is 5.77. The molecular formula is C25H38O6. The third-order valence-electron chi connectivity index (χ3n) is 9.50. The van der Waals surface area contributed by atoms with E-state index in [2.05, 4.69) is 13.8 Å². The predicted molar refractivity (Wildman–Crippen MR) is 114 cm³/mol. The molecular weight excluding hydrogens is 396 g/mol. The van der Waals surface area contributed by atoms with Crippen molar-refractivity contribution in [3.8, 4) is 0 Å². The van der Waals surface area contributed by atoms with Crippen LogP contribution in [0.15, 0.2) is 0 Å². The van der Waals surface area contributed by atoms with Gasteiger partial charge in [0.1, 0.15) is 6.10 Å². The SMILES string of the molecule is CCCC(=O)C12OC1C[C@H]1[C@@H]3CC[C@H](OC(C)=O)[C@@]3(C)CC[C@@H]1[C@@]2(C)CCC(=O)OC. The normalized spacial score (nSPS) is 45.1. The molecule has 0 N–H and O–H groups in total. The van der Waals surface area contributed by atoms with Crippen LogP contribution in [0.5, 0.6) is 0 Å². The Morgan fingerprint density at radius 3 is 2.45 bits per heavy atom. The summed E-state index contributed by atoms with van der Waals surface area (Å²) in [5, 5.41) is 0. The van der Waals surface area contributed by atoms with Crippen molar-refractivity contribution in [2.45, 2.75) is 103 Å². The summed E-state index contributed by atoms with van der Waals surface area (Å²) >= 11 is 0. The number of carbonyl (C=O) groups excluding carboxylic acids is 3. The van der Waals surface area contributed by atoms with Crippen LogP contribution in [-0.4, -0.2) is 42.6 Å². The highest BCUT2D eigenvalue weighted by molar-refractivity contribution is 5.92. The van der Waals surface area contributed by atoms with Crippen LogP contribution in [0.4, 0.5) is 0 Å². The van der Waals surface area contributed by atoms with Gasteiger partial charge in [-0.1, -0.05) is 20.8 Å². The van der Waals surface area contributed by atoms with E-state index in [-0.39, 0.29) is 40.8 Å². The van der Waals surface area contributed by atoms with Crippen LogP contribution in [-0.2, 0) is 28.6 Å². The van der Waals surface area contributed by atoms with Gasteiger partial charge in [-0.2, -0.15) is 0 Å². The fourth-order valence-electron chi connectivity index (χ4n) is 7.99. The second kappa shape index (κ2) is 7.86. The number of epoxide rings is 1. The lowest BCUT2D eigenvalue weighted by Gasteiger charge is -2.57. The second-order valence-electron chi connectivity index (χ2n) is 10.8. The zero-order chi connectivity index (χ0) is 22.6. The highest BCUT2D eigenvalue weighted by atomic mass is 16.6. The predicted octanol–water partition coefficient (Wildman–Crippen LogP) is 4.23. The van der Waals surface area contributed by atoms with Gasteiger partial charge in [-0.3, -0.25) is 14.4 Å². The van der Waals surface area contributed by atoms with Crippen LogP contribution < -0.4 is 0 Å². The molecule has 8 atom stereocenters. The summed E-state index contributed by atoms with van der Waals surface area (Å²) in [5.74, 6) is 0.994. The van der Waals surface area contributed by atoms with Gasteiger partial charge in [0.2, 0.25) is 0 Å². The molecule has 4 aliphatic rings. The summed E-state index contributed by atoms with van der Waals surface area (Å²) in [6.07, 6.45) is 7.00. The molecule has 0 radical (unpaired) electrons. The standard InChI is InChI=1S/C25H38O6/c1-6-7-19(27)25-21(31-25)14-16-17-8-9-20(30-15(2)26)23(17,3)12-10-18(16)24(25,4)13-11-22(28)29-5/h16-18,20-21H,6-14H2,1-5H3/t16-,17-,18-,20-,21?,23-,24+,25?/m0/s1. The highest BCUT2D eigenvalue weighted by Crippen LogP contribution is 2.71. The van der Waals surface area contributed by atoms with E-state index in [1.165, 1.54) is 14.0 Å². The van der Waals surface area contributed by atoms with Gasteiger partial charge in [-0.15, -0.1) is 0 Å². The molecule has 0 aromatic carbocycles. The molecule has 4 rings (SSSR count). The Hall–Kier alpha value is -1.43. The minimum atomic E-state index is -0.736. The van der Waals surface area contributed by atoms with Crippen molar-refractivity contribution in [1.82, 2.24) is 0 Å². The first-order chi connectivity index (χ1) is 14.6. The van der Waals surface area contributed by atoms with Crippen LogP contribution in [0.1, 0.15) is 85.5 Å². The molecule has 0 bridgehead atoms. The van der Waals surface area contributed by atoms with E-state index in [0.717, 1.165) is 38.5 Å². The van der Waals surface area contributed by atoms with E-state index in [1.807, 2.05) is 6.92 Å². The first-order valence-electron chi connectivity index (χ1n) is 12.1. The Bertz CT molecular complexity index is 763. The van der Waals surface area contributed by atoms with Crippen molar-refractivity contribution < 1.29 is 28.6 Å². The fourth-order valence-corrected chi connectivity index (χ4v) is 7.99. The van der Waals surface area contributed by atoms with E-state index < -0.39 is 5.60 Å². The molecule has 0 amide bonds. The maximum Gasteiger partial charge on any atom is 0.305 e. The van der Waals surface area contributed by atoms with Crippen LogP contribution in [0.2, 0.25) is 0 Å². The number of hydrogen-bond donors (Lipinski definition) is 0. The molecule has 0 aromatic heterocycles. The number of fused-ring (bicyclic) bond motifs is 4. The molecule has 2 unspecified atom stereocenters. The zero-order valence-corrected chi connectivity index (χ0v) is 19.7. The summed E-state index contributed by atoms with van der Waals surface area (Å²) in [7, 11) is 1.42.